The van der Waals surface area contributed by atoms with E-state index in [9.17, 15) is 9.59 Å². The summed E-state index contributed by atoms with van der Waals surface area (Å²) in [5, 5.41) is 6.37. The number of nitrogens with one attached hydrogen (secondary N) is 2. The fourth-order valence-corrected chi connectivity index (χ4v) is 4.00. The van der Waals surface area contributed by atoms with Crippen LogP contribution in [0.1, 0.15) is 41.4 Å². The van der Waals surface area contributed by atoms with Gasteiger partial charge >= 0.3 is 0 Å². The molecule has 2 amide bonds. The van der Waals surface area contributed by atoms with E-state index in [1.54, 1.807) is 11.8 Å². The molecular weight excluding hydrogens is 440 g/mol. The molecule has 0 bridgehead atoms. The number of thioether (sulfide) groups is 2. The molecule has 0 aliphatic rings. The summed E-state index contributed by atoms with van der Waals surface area (Å²) in [6.45, 7) is 5.99. The molecule has 0 saturated heterocycles. The normalized spacial score (nSPS) is 11.8. The molecule has 9 heteroatoms. The Morgan fingerprint density at radius 1 is 1.23 bits per heavy atom. The number of hydrogen-bond donors (Lipinski definition) is 2. The Balaban J connectivity index is 2.16. The highest BCUT2D eigenvalue weighted by molar-refractivity contribution is 7.99. The van der Waals surface area contributed by atoms with Crippen molar-refractivity contribution in [3.8, 4) is 0 Å². The number of halogens is 1. The largest absolute Gasteiger partial charge is 0.339 e. The highest BCUT2D eigenvalue weighted by Crippen LogP contribution is 2.20. The van der Waals surface area contributed by atoms with E-state index in [1.165, 1.54) is 18.0 Å². The highest BCUT2D eigenvalue weighted by Gasteiger charge is 2.24. The van der Waals surface area contributed by atoms with Crippen molar-refractivity contribution in [1.29, 1.82) is 0 Å². The van der Waals surface area contributed by atoms with Crippen LogP contribution in [0.5, 0.6) is 0 Å². The van der Waals surface area contributed by atoms with Gasteiger partial charge in [0.25, 0.3) is 5.91 Å². The first kappa shape index (κ1) is 24.5. The van der Waals surface area contributed by atoms with Gasteiger partial charge in [0, 0.05) is 11.4 Å². The number of anilines is 1. The Kier molecular flexibility index (Phi) is 9.94. The van der Waals surface area contributed by atoms with E-state index in [2.05, 4.69) is 27.5 Å². The van der Waals surface area contributed by atoms with Crippen LogP contribution in [0, 0.1) is 13.8 Å². The maximum atomic E-state index is 12.9. The maximum Gasteiger partial charge on any atom is 0.272 e. The van der Waals surface area contributed by atoms with E-state index >= 15 is 0 Å². The van der Waals surface area contributed by atoms with E-state index in [1.807, 2.05) is 38.3 Å². The number of amides is 2. The summed E-state index contributed by atoms with van der Waals surface area (Å²) in [5.74, 6) is 0.815. The number of rotatable bonds is 10. The van der Waals surface area contributed by atoms with Crippen molar-refractivity contribution < 1.29 is 9.59 Å². The van der Waals surface area contributed by atoms with Crippen LogP contribution in [0.25, 0.3) is 0 Å². The lowest BCUT2D eigenvalue weighted by Crippen LogP contribution is -2.44. The molecule has 0 saturated carbocycles. The molecule has 0 radical (unpaired) electrons. The Bertz CT molecular complexity index is 895. The molecule has 2 rings (SSSR count). The second kappa shape index (κ2) is 12.2. The predicted molar refractivity (Wildman–Crippen MR) is 127 cm³/mol. The third-order valence-corrected chi connectivity index (χ3v) is 6.23. The monoisotopic (exact) mass is 466 g/mol. The zero-order chi connectivity index (χ0) is 22.1. The second-order valence-electron chi connectivity index (χ2n) is 6.81. The van der Waals surface area contributed by atoms with Gasteiger partial charge in [-0.3, -0.25) is 9.59 Å². The summed E-state index contributed by atoms with van der Waals surface area (Å²) in [6.07, 6.45) is 4.84. The van der Waals surface area contributed by atoms with Crippen LogP contribution < -0.4 is 10.6 Å². The Labute approximate surface area is 191 Å². The van der Waals surface area contributed by atoms with Gasteiger partial charge in [-0.25, -0.2) is 9.97 Å². The van der Waals surface area contributed by atoms with Gasteiger partial charge in [0.1, 0.15) is 6.04 Å². The number of hydrogen-bond acceptors (Lipinski definition) is 6. The van der Waals surface area contributed by atoms with Crippen LogP contribution in [-0.4, -0.2) is 45.6 Å². The van der Waals surface area contributed by atoms with Gasteiger partial charge in [0.2, 0.25) is 5.91 Å². The number of aryl methyl sites for hydroxylation is 2. The minimum absolute atomic E-state index is 0.0822. The van der Waals surface area contributed by atoms with Gasteiger partial charge < -0.3 is 10.6 Å². The minimum atomic E-state index is -0.705. The van der Waals surface area contributed by atoms with Crippen molar-refractivity contribution in [2.45, 2.75) is 44.8 Å². The molecule has 1 heterocycles. The molecule has 0 aliphatic heterocycles. The number of nitrogens with zero attached hydrogens (tertiary/aromatic N) is 2. The van der Waals surface area contributed by atoms with E-state index < -0.39 is 11.9 Å². The standard InChI is InChI=1S/C21H27ClN4O2S2/c1-5-9-30-21-23-12-15(22)18(26-21)20(28)25-17(8-10-29-4)19(27)24-16-7-6-13(2)11-14(16)3/h6-7,11-12,17H,5,8-10H2,1-4H3,(H,24,27)(H,25,28)/t17-/m0/s1. The van der Waals surface area contributed by atoms with Gasteiger partial charge in [-0.2, -0.15) is 11.8 Å². The molecule has 2 aromatic rings. The second-order valence-corrected chi connectivity index (χ2v) is 9.27. The van der Waals surface area contributed by atoms with Gasteiger partial charge in [-0.05, 0) is 50.3 Å². The van der Waals surface area contributed by atoms with Crippen molar-refractivity contribution in [3.05, 3.63) is 46.2 Å². The first-order valence-electron chi connectivity index (χ1n) is 9.69. The lowest BCUT2D eigenvalue weighted by molar-refractivity contribution is -0.118. The first-order valence-corrected chi connectivity index (χ1v) is 12.4. The molecule has 6 nitrogen and oxygen atoms in total. The van der Waals surface area contributed by atoms with E-state index in [0.29, 0.717) is 11.6 Å². The third-order valence-electron chi connectivity index (χ3n) is 4.24. The van der Waals surface area contributed by atoms with Crippen LogP contribution in [0.15, 0.2) is 29.6 Å². The van der Waals surface area contributed by atoms with Crippen molar-refractivity contribution in [1.82, 2.24) is 15.3 Å². The van der Waals surface area contributed by atoms with Gasteiger partial charge in [0.05, 0.1) is 11.2 Å². The SMILES string of the molecule is CCCSc1ncc(Cl)c(C(=O)N[C@@H](CCSC)C(=O)Nc2ccc(C)cc2C)n1. The number of carbonyl (C=O) groups is 2. The molecule has 1 atom stereocenters. The minimum Gasteiger partial charge on any atom is -0.339 e. The molecule has 30 heavy (non-hydrogen) atoms. The van der Waals surface area contributed by atoms with Gasteiger partial charge in [-0.15, -0.1) is 0 Å². The topological polar surface area (TPSA) is 84.0 Å². The molecular formula is C21H27ClN4O2S2. The van der Waals surface area contributed by atoms with Crippen molar-refractivity contribution in [2.24, 2.45) is 0 Å². The fraction of sp³-hybridized carbons (Fsp3) is 0.429. The Hall–Kier alpha value is -1.77. The zero-order valence-electron chi connectivity index (χ0n) is 17.6. The lowest BCUT2D eigenvalue weighted by atomic mass is 10.1. The molecule has 1 aromatic heterocycles. The van der Waals surface area contributed by atoms with Crippen LogP contribution in [0.2, 0.25) is 5.02 Å². The van der Waals surface area contributed by atoms with E-state index in [-0.39, 0.29) is 16.6 Å². The van der Waals surface area contributed by atoms with E-state index in [0.717, 1.165) is 34.7 Å². The van der Waals surface area contributed by atoms with E-state index in [4.69, 9.17) is 11.6 Å². The first-order chi connectivity index (χ1) is 14.3. The molecule has 0 fully saturated rings. The smallest absolute Gasteiger partial charge is 0.272 e. The van der Waals surface area contributed by atoms with Gasteiger partial charge in [-0.1, -0.05) is 48.0 Å². The molecule has 0 spiro atoms. The molecule has 0 unspecified atom stereocenters. The van der Waals surface area contributed by atoms with Gasteiger partial charge in [0.15, 0.2) is 10.9 Å². The van der Waals surface area contributed by atoms with Crippen molar-refractivity contribution in [3.63, 3.8) is 0 Å². The maximum absolute atomic E-state index is 12.9. The molecule has 162 valence electrons. The number of carbonyl (C=O) groups excluding carboxylic acids is 2. The number of aromatic nitrogens is 2. The summed E-state index contributed by atoms with van der Waals surface area (Å²) in [6, 6.07) is 5.10. The molecule has 2 N–H and O–H groups in total. The van der Waals surface area contributed by atoms with Crippen LogP contribution in [-0.2, 0) is 4.79 Å². The average molecular weight is 467 g/mol. The van der Waals surface area contributed by atoms with Crippen molar-refractivity contribution in [2.75, 3.05) is 23.1 Å². The summed E-state index contributed by atoms with van der Waals surface area (Å²) < 4.78 is 0. The summed E-state index contributed by atoms with van der Waals surface area (Å²) in [4.78, 5) is 34.2. The summed E-state index contributed by atoms with van der Waals surface area (Å²) in [5.41, 5.74) is 2.90. The quantitative estimate of drug-likeness (QED) is 0.388. The van der Waals surface area contributed by atoms with Crippen LogP contribution in [0.4, 0.5) is 5.69 Å². The predicted octanol–water partition coefficient (Wildman–Crippen LogP) is 4.74. The van der Waals surface area contributed by atoms with Crippen molar-refractivity contribution >= 4 is 52.6 Å². The molecule has 1 aromatic carbocycles. The number of benzene rings is 1. The molecule has 0 aliphatic carbocycles. The lowest BCUT2D eigenvalue weighted by Gasteiger charge is -2.19. The zero-order valence-corrected chi connectivity index (χ0v) is 20.0. The Morgan fingerprint density at radius 3 is 2.67 bits per heavy atom. The highest BCUT2D eigenvalue weighted by atomic mass is 35.5. The fourth-order valence-electron chi connectivity index (χ4n) is 2.68. The summed E-state index contributed by atoms with van der Waals surface area (Å²) >= 11 is 9.23. The van der Waals surface area contributed by atoms with Crippen LogP contribution >= 0.6 is 35.1 Å². The third kappa shape index (κ3) is 7.18. The van der Waals surface area contributed by atoms with Crippen LogP contribution in [0.3, 0.4) is 0 Å². The average Bonchev–Trinajstić information content (AvgIpc) is 2.72. The Morgan fingerprint density at radius 2 is 2.00 bits per heavy atom. The summed E-state index contributed by atoms with van der Waals surface area (Å²) in [7, 11) is 0.